The van der Waals surface area contributed by atoms with Gasteiger partial charge in [0.25, 0.3) is 6.71 Å². The van der Waals surface area contributed by atoms with E-state index in [-0.39, 0.29) is 33.6 Å². The minimum atomic E-state index is -0.0662. The molecule has 8 aliphatic heterocycles. The minimum Gasteiger partial charge on any atom is -0.313 e. The minimum absolute atomic E-state index is 0.0160. The van der Waals surface area contributed by atoms with E-state index in [9.17, 15) is 0 Å². The van der Waals surface area contributed by atoms with Crippen LogP contribution in [0.4, 0.5) is 45.5 Å². The maximum atomic E-state index is 5.66. The predicted molar refractivity (Wildman–Crippen MR) is 347 cm³/mol. The Hall–Kier alpha value is -9.32. The SMILES string of the molecule is Cc1cccc(C)c1B1c2cccc3c2N2c4c1ccc1c4B(c4ccccc4C1=Nc1ccccc1)c1cc4c5c(c12)B3c1cccc2c1N5c1c(ccc3c1B4c1ccccc1C3=Nc1ccccc1)B2c1c(C)cccc1C. The van der Waals surface area contributed by atoms with Crippen molar-refractivity contribution in [2.24, 2.45) is 9.98 Å². The summed E-state index contributed by atoms with van der Waals surface area (Å²) in [5.41, 5.74) is 42.8. The standard InChI is InChI=1S/C72H47B5N4/c1-40-19-15-20-41(2)60(40)75-52-31-17-33-54-67(52)80-69-56(75)37-35-48-62(69)73(50-29-13-11-27-46(50)65(48)78-44-23-7-5-8-24-44)58-39-59-72-64(71(58)80)77(54)55-34-18-32-53-68(55)81(72)70-57(76(53)61-42(3)21-16-22-43(61)4)38-36-49-63(70)74(59)51-30-14-12-28-47(51)66(49)79-45-25-9-6-10-26-45/h5-39H,1-4H3. The Morgan fingerprint density at radius 2 is 0.568 bits per heavy atom. The maximum absolute atomic E-state index is 5.66. The Morgan fingerprint density at radius 3 is 0.988 bits per heavy atom. The molecular weight excluding hydrogens is 975 g/mol. The van der Waals surface area contributed by atoms with Crippen molar-refractivity contribution in [3.63, 3.8) is 0 Å². The zero-order chi connectivity index (χ0) is 53.3. The topological polar surface area (TPSA) is 31.2 Å². The lowest BCUT2D eigenvalue weighted by Gasteiger charge is -2.56. The highest BCUT2D eigenvalue weighted by Crippen LogP contribution is 2.48. The third kappa shape index (κ3) is 5.48. The lowest BCUT2D eigenvalue weighted by Crippen LogP contribution is -2.77. The largest absolute Gasteiger partial charge is 0.313 e. The molecule has 11 aromatic carbocycles. The first-order valence-electron chi connectivity index (χ1n) is 28.9. The molecule has 370 valence electrons. The fraction of sp³-hybridized carbons (Fsp3) is 0.0556. The lowest BCUT2D eigenvalue weighted by atomic mass is 9.21. The molecule has 0 atom stereocenters. The Morgan fingerprint density at radius 1 is 0.247 bits per heavy atom. The molecule has 0 unspecified atom stereocenters. The summed E-state index contributed by atoms with van der Waals surface area (Å²) in [6.45, 7) is 9.17. The van der Waals surface area contributed by atoms with E-state index in [1.54, 1.807) is 0 Å². The number of para-hydroxylation sites is 4. The van der Waals surface area contributed by atoms with E-state index in [1.807, 2.05) is 0 Å². The zero-order valence-electron chi connectivity index (χ0n) is 45.4. The first-order valence-corrected chi connectivity index (χ1v) is 28.9. The third-order valence-electron chi connectivity index (χ3n) is 20.0. The summed E-state index contributed by atoms with van der Waals surface area (Å²) in [5.74, 6) is 0. The second-order valence-electron chi connectivity index (χ2n) is 23.9. The number of nitrogens with zero attached hydrogens (tertiary/aromatic N) is 4. The molecule has 81 heavy (non-hydrogen) atoms. The number of rotatable bonds is 4. The van der Waals surface area contributed by atoms with Crippen molar-refractivity contribution >= 4 is 172 Å². The van der Waals surface area contributed by atoms with Gasteiger partial charge in [-0.2, -0.15) is 0 Å². The van der Waals surface area contributed by atoms with Gasteiger partial charge in [0.15, 0.2) is 0 Å². The van der Waals surface area contributed by atoms with Gasteiger partial charge in [-0.3, -0.25) is 0 Å². The fourth-order valence-corrected chi connectivity index (χ4v) is 17.1. The van der Waals surface area contributed by atoms with Crippen LogP contribution in [0.2, 0.25) is 0 Å². The second-order valence-corrected chi connectivity index (χ2v) is 23.9. The van der Waals surface area contributed by atoms with Gasteiger partial charge < -0.3 is 9.80 Å². The summed E-state index contributed by atoms with van der Waals surface area (Å²) in [6, 6.07) is 80.7. The van der Waals surface area contributed by atoms with Crippen LogP contribution in [0.3, 0.4) is 0 Å². The quantitative estimate of drug-likeness (QED) is 0.225. The zero-order valence-corrected chi connectivity index (χ0v) is 45.4. The molecule has 0 aliphatic carbocycles. The van der Waals surface area contributed by atoms with Gasteiger partial charge in [0, 0.05) is 34.1 Å². The Bertz CT molecular complexity index is 4480. The van der Waals surface area contributed by atoms with Crippen LogP contribution >= 0.6 is 0 Å². The van der Waals surface area contributed by atoms with Gasteiger partial charge in [-0.05, 0) is 134 Å². The van der Waals surface area contributed by atoms with Crippen molar-refractivity contribution in [2.45, 2.75) is 27.7 Å². The molecule has 0 aromatic heterocycles. The summed E-state index contributed by atoms with van der Waals surface area (Å²) >= 11 is 0. The third-order valence-corrected chi connectivity index (χ3v) is 20.0. The molecule has 0 amide bonds. The van der Waals surface area contributed by atoms with Crippen molar-refractivity contribution in [3.05, 3.63) is 257 Å². The van der Waals surface area contributed by atoms with Gasteiger partial charge >= 0.3 is 0 Å². The molecule has 0 fully saturated rings. The normalized spacial score (nSPS) is 15.8. The first-order chi connectivity index (χ1) is 39.9. The monoisotopic (exact) mass is 1020 g/mol. The molecule has 8 heterocycles. The molecule has 11 aromatic rings. The summed E-state index contributed by atoms with van der Waals surface area (Å²) in [7, 11) is 0. The van der Waals surface area contributed by atoms with Crippen LogP contribution in [0, 0.1) is 27.7 Å². The van der Waals surface area contributed by atoms with Crippen molar-refractivity contribution < 1.29 is 0 Å². The van der Waals surface area contributed by atoms with Crippen molar-refractivity contribution in [1.29, 1.82) is 0 Å². The predicted octanol–water partition coefficient (Wildman–Crippen LogP) is 5.29. The van der Waals surface area contributed by atoms with Gasteiger partial charge in [-0.25, -0.2) is 9.98 Å². The van der Waals surface area contributed by atoms with Crippen LogP contribution in [0.15, 0.2) is 222 Å². The number of benzene rings is 11. The maximum Gasteiger partial charge on any atom is 0.252 e. The Balaban J connectivity index is 0.999. The van der Waals surface area contributed by atoms with Gasteiger partial charge in [0.1, 0.15) is 0 Å². The molecule has 4 nitrogen and oxygen atoms in total. The van der Waals surface area contributed by atoms with E-state index in [4.69, 9.17) is 9.98 Å². The molecule has 0 N–H and O–H groups in total. The fourth-order valence-electron chi connectivity index (χ4n) is 17.1. The highest BCUT2D eigenvalue weighted by atomic mass is 15.2. The van der Waals surface area contributed by atoms with Gasteiger partial charge in [-0.1, -0.05) is 232 Å². The summed E-state index contributed by atoms with van der Waals surface area (Å²) in [5, 5.41) is 0. The smallest absolute Gasteiger partial charge is 0.252 e. The molecule has 0 radical (unpaired) electrons. The van der Waals surface area contributed by atoms with E-state index < -0.39 is 0 Å². The molecule has 8 aliphatic rings. The Kier molecular flexibility index (Phi) is 8.65. The van der Waals surface area contributed by atoms with Crippen LogP contribution in [-0.4, -0.2) is 45.0 Å². The van der Waals surface area contributed by atoms with Crippen molar-refractivity contribution in [3.8, 4) is 0 Å². The number of aliphatic imine (C=N–C) groups is 2. The molecule has 0 saturated heterocycles. The van der Waals surface area contributed by atoms with Crippen LogP contribution in [0.25, 0.3) is 0 Å². The van der Waals surface area contributed by atoms with E-state index in [0.29, 0.717) is 0 Å². The highest BCUT2D eigenvalue weighted by Gasteiger charge is 2.59. The molecule has 0 saturated carbocycles. The molecule has 0 spiro atoms. The highest BCUT2D eigenvalue weighted by molar-refractivity contribution is 7.11. The van der Waals surface area contributed by atoms with Crippen molar-refractivity contribution in [2.75, 3.05) is 9.80 Å². The lowest BCUT2D eigenvalue weighted by molar-refractivity contribution is 1.27. The van der Waals surface area contributed by atoms with Gasteiger partial charge in [0.2, 0.25) is 26.9 Å². The van der Waals surface area contributed by atoms with Crippen LogP contribution in [0.5, 0.6) is 0 Å². The number of hydrogen-bond donors (Lipinski definition) is 0. The summed E-state index contributed by atoms with van der Waals surface area (Å²) in [6.07, 6.45) is 0. The average molecular weight is 1020 g/mol. The summed E-state index contributed by atoms with van der Waals surface area (Å²) < 4.78 is 0. The average Bonchev–Trinajstić information content (AvgIpc) is 1.81. The van der Waals surface area contributed by atoms with E-state index >= 15 is 0 Å². The van der Waals surface area contributed by atoms with E-state index in [2.05, 4.69) is 250 Å². The van der Waals surface area contributed by atoms with Crippen LogP contribution < -0.4 is 91.7 Å². The first kappa shape index (κ1) is 44.5. The van der Waals surface area contributed by atoms with E-state index in [1.165, 1.54) is 161 Å². The van der Waals surface area contributed by atoms with Crippen LogP contribution in [0.1, 0.15) is 44.5 Å². The second kappa shape index (κ2) is 15.7. The number of anilines is 6. The van der Waals surface area contributed by atoms with E-state index in [0.717, 1.165) is 22.8 Å². The molecule has 9 heteroatoms. The molecular formula is C72H47B5N4. The number of fused-ring (bicyclic) bond motifs is 8. The number of aryl methyl sites for hydroxylation is 4. The molecule has 0 bridgehead atoms. The molecule has 19 rings (SSSR count). The number of hydrogen-bond acceptors (Lipinski definition) is 4. The summed E-state index contributed by atoms with van der Waals surface area (Å²) in [4.78, 5) is 16.9. The van der Waals surface area contributed by atoms with Crippen LogP contribution in [-0.2, 0) is 0 Å². The van der Waals surface area contributed by atoms with Gasteiger partial charge in [0.05, 0.1) is 22.8 Å². The Labute approximate surface area is 474 Å². The van der Waals surface area contributed by atoms with Gasteiger partial charge in [-0.15, -0.1) is 0 Å². The van der Waals surface area contributed by atoms with Crippen molar-refractivity contribution in [1.82, 2.24) is 0 Å².